The molecular weight excluding hydrogens is 258 g/mol. The first-order valence-electron chi connectivity index (χ1n) is 7.45. The van der Waals surface area contributed by atoms with Gasteiger partial charge in [-0.1, -0.05) is 61.5 Å². The summed E-state index contributed by atoms with van der Waals surface area (Å²) >= 11 is 0. The van der Waals surface area contributed by atoms with E-state index in [0.717, 1.165) is 12.0 Å². The number of amides is 1. The Morgan fingerprint density at radius 2 is 1.52 bits per heavy atom. The number of hydrogen-bond acceptors (Lipinski definition) is 1. The fourth-order valence-corrected chi connectivity index (χ4v) is 2.14. The molecule has 0 heterocycles. The molecule has 2 nitrogen and oxygen atoms in total. The minimum absolute atomic E-state index is 0.0781. The topological polar surface area (TPSA) is 29.1 Å². The summed E-state index contributed by atoms with van der Waals surface area (Å²) in [5, 5.41) is 3.06. The van der Waals surface area contributed by atoms with E-state index >= 15 is 0 Å². The highest BCUT2D eigenvalue weighted by molar-refractivity contribution is 5.79. The first-order chi connectivity index (χ1) is 10.00. The molecule has 0 bridgehead atoms. The van der Waals surface area contributed by atoms with E-state index in [9.17, 15) is 4.79 Å². The van der Waals surface area contributed by atoms with Gasteiger partial charge in [0.1, 0.15) is 0 Å². The van der Waals surface area contributed by atoms with E-state index in [1.54, 1.807) is 0 Å². The SMILES string of the molecule is CCC(C)(C)NC(=O)Cc1ccc(-c2ccccc2)cc1. The minimum Gasteiger partial charge on any atom is -0.351 e. The van der Waals surface area contributed by atoms with Gasteiger partial charge in [-0.15, -0.1) is 0 Å². The Morgan fingerprint density at radius 3 is 2.10 bits per heavy atom. The van der Waals surface area contributed by atoms with Gasteiger partial charge >= 0.3 is 0 Å². The monoisotopic (exact) mass is 281 g/mol. The van der Waals surface area contributed by atoms with Crippen molar-refractivity contribution in [1.82, 2.24) is 5.32 Å². The summed E-state index contributed by atoms with van der Waals surface area (Å²) in [6, 6.07) is 18.5. The number of benzene rings is 2. The van der Waals surface area contributed by atoms with Gasteiger partial charge in [-0.3, -0.25) is 4.79 Å². The molecule has 0 radical (unpaired) electrons. The highest BCUT2D eigenvalue weighted by Gasteiger charge is 2.17. The number of carbonyl (C=O) groups is 1. The predicted molar refractivity (Wildman–Crippen MR) is 88.1 cm³/mol. The average molecular weight is 281 g/mol. The molecule has 0 aliphatic rings. The normalized spacial score (nSPS) is 11.2. The van der Waals surface area contributed by atoms with Gasteiger partial charge in [0, 0.05) is 5.54 Å². The quantitative estimate of drug-likeness (QED) is 0.874. The minimum atomic E-state index is -0.138. The maximum absolute atomic E-state index is 12.0. The summed E-state index contributed by atoms with van der Waals surface area (Å²) in [5.41, 5.74) is 3.27. The Kier molecular flexibility index (Phi) is 4.79. The van der Waals surface area contributed by atoms with Crippen LogP contribution in [0.3, 0.4) is 0 Å². The lowest BCUT2D eigenvalue weighted by Crippen LogP contribution is -2.43. The van der Waals surface area contributed by atoms with Crippen molar-refractivity contribution in [2.45, 2.75) is 39.2 Å². The van der Waals surface area contributed by atoms with Crippen LogP contribution in [0.15, 0.2) is 54.6 Å². The third-order valence-corrected chi connectivity index (χ3v) is 3.79. The third-order valence-electron chi connectivity index (χ3n) is 3.79. The van der Waals surface area contributed by atoms with Crippen LogP contribution < -0.4 is 5.32 Å². The van der Waals surface area contributed by atoms with Crippen LogP contribution >= 0.6 is 0 Å². The summed E-state index contributed by atoms with van der Waals surface area (Å²) < 4.78 is 0. The predicted octanol–water partition coefficient (Wildman–Crippen LogP) is 4.20. The van der Waals surface area contributed by atoms with Crippen molar-refractivity contribution in [3.63, 3.8) is 0 Å². The second-order valence-corrected chi connectivity index (χ2v) is 6.03. The van der Waals surface area contributed by atoms with Gasteiger partial charge in [0.05, 0.1) is 6.42 Å². The molecular formula is C19H23NO. The largest absolute Gasteiger partial charge is 0.351 e. The summed E-state index contributed by atoms with van der Waals surface area (Å²) in [6.45, 7) is 6.17. The Bertz CT molecular complexity index is 585. The van der Waals surface area contributed by atoms with Gasteiger partial charge in [0.2, 0.25) is 5.91 Å². The molecule has 0 aromatic heterocycles. The van der Waals surface area contributed by atoms with E-state index in [1.807, 2.05) is 44.2 Å². The lowest BCUT2D eigenvalue weighted by Gasteiger charge is -2.24. The molecule has 2 aromatic carbocycles. The summed E-state index contributed by atoms with van der Waals surface area (Å²) in [4.78, 5) is 12.0. The van der Waals surface area contributed by atoms with Gasteiger partial charge in [-0.05, 0) is 37.0 Å². The maximum atomic E-state index is 12.0. The van der Waals surface area contributed by atoms with E-state index in [0.29, 0.717) is 6.42 Å². The van der Waals surface area contributed by atoms with Crippen LogP contribution in [0.5, 0.6) is 0 Å². The van der Waals surface area contributed by atoms with E-state index < -0.39 is 0 Å². The van der Waals surface area contributed by atoms with Gasteiger partial charge in [-0.2, -0.15) is 0 Å². The average Bonchev–Trinajstić information content (AvgIpc) is 2.48. The van der Waals surface area contributed by atoms with Crippen LogP contribution in [0.4, 0.5) is 0 Å². The van der Waals surface area contributed by atoms with Gasteiger partial charge in [0.25, 0.3) is 0 Å². The Morgan fingerprint density at radius 1 is 0.952 bits per heavy atom. The van der Waals surface area contributed by atoms with Gasteiger partial charge in [0.15, 0.2) is 0 Å². The number of rotatable bonds is 5. The maximum Gasteiger partial charge on any atom is 0.224 e. The molecule has 2 aromatic rings. The Balaban J connectivity index is 2.02. The lowest BCUT2D eigenvalue weighted by molar-refractivity contribution is -0.122. The van der Waals surface area contributed by atoms with Crippen molar-refractivity contribution in [3.05, 3.63) is 60.2 Å². The third kappa shape index (κ3) is 4.45. The van der Waals surface area contributed by atoms with Crippen LogP contribution in [-0.2, 0) is 11.2 Å². The van der Waals surface area contributed by atoms with Crippen LogP contribution in [-0.4, -0.2) is 11.4 Å². The number of carbonyl (C=O) groups excluding carboxylic acids is 1. The molecule has 0 fully saturated rings. The zero-order valence-electron chi connectivity index (χ0n) is 13.0. The second-order valence-electron chi connectivity index (χ2n) is 6.03. The zero-order chi connectivity index (χ0) is 15.3. The molecule has 1 amide bonds. The van der Waals surface area contributed by atoms with Crippen molar-refractivity contribution in [1.29, 1.82) is 0 Å². The molecule has 0 unspecified atom stereocenters. The fourth-order valence-electron chi connectivity index (χ4n) is 2.14. The van der Waals surface area contributed by atoms with Crippen LogP contribution in [0.25, 0.3) is 11.1 Å². The van der Waals surface area contributed by atoms with Crippen molar-refractivity contribution >= 4 is 5.91 Å². The Labute approximate surface area is 127 Å². The van der Waals surface area contributed by atoms with Crippen molar-refractivity contribution in [3.8, 4) is 11.1 Å². The molecule has 2 heteroatoms. The van der Waals surface area contributed by atoms with E-state index in [2.05, 4.69) is 36.5 Å². The molecule has 2 rings (SSSR count). The Hall–Kier alpha value is -2.09. The molecule has 0 spiro atoms. The summed E-state index contributed by atoms with van der Waals surface area (Å²) in [5.74, 6) is 0.0781. The number of hydrogen-bond donors (Lipinski definition) is 1. The molecule has 110 valence electrons. The molecule has 1 N–H and O–H groups in total. The first-order valence-corrected chi connectivity index (χ1v) is 7.45. The highest BCUT2D eigenvalue weighted by Crippen LogP contribution is 2.19. The molecule has 0 aliphatic heterocycles. The first kappa shape index (κ1) is 15.3. The molecule has 0 aliphatic carbocycles. The van der Waals surface area contributed by atoms with E-state index in [4.69, 9.17) is 0 Å². The van der Waals surface area contributed by atoms with Gasteiger partial charge in [-0.25, -0.2) is 0 Å². The standard InChI is InChI=1S/C19H23NO/c1-4-19(2,3)20-18(21)14-15-10-12-17(13-11-15)16-8-6-5-7-9-16/h5-13H,4,14H2,1-3H3,(H,20,21). The van der Waals surface area contributed by atoms with Crippen molar-refractivity contribution < 1.29 is 4.79 Å². The highest BCUT2D eigenvalue weighted by atomic mass is 16.1. The lowest BCUT2D eigenvalue weighted by atomic mass is 10.0. The van der Waals surface area contributed by atoms with Crippen LogP contribution in [0.2, 0.25) is 0 Å². The van der Waals surface area contributed by atoms with E-state index in [-0.39, 0.29) is 11.4 Å². The smallest absolute Gasteiger partial charge is 0.224 e. The van der Waals surface area contributed by atoms with Crippen LogP contribution in [0.1, 0.15) is 32.8 Å². The summed E-state index contributed by atoms with van der Waals surface area (Å²) in [6.07, 6.45) is 1.35. The van der Waals surface area contributed by atoms with Crippen LogP contribution in [0, 0.1) is 0 Å². The second kappa shape index (κ2) is 6.57. The van der Waals surface area contributed by atoms with Crippen molar-refractivity contribution in [2.75, 3.05) is 0 Å². The molecule has 0 saturated carbocycles. The summed E-state index contributed by atoms with van der Waals surface area (Å²) in [7, 11) is 0. The molecule has 0 atom stereocenters. The van der Waals surface area contributed by atoms with E-state index in [1.165, 1.54) is 11.1 Å². The van der Waals surface area contributed by atoms with Gasteiger partial charge < -0.3 is 5.32 Å². The van der Waals surface area contributed by atoms with Crippen molar-refractivity contribution in [2.24, 2.45) is 0 Å². The molecule has 0 saturated heterocycles. The number of nitrogens with one attached hydrogen (secondary N) is 1. The fraction of sp³-hybridized carbons (Fsp3) is 0.316. The zero-order valence-corrected chi connectivity index (χ0v) is 13.0. The molecule has 21 heavy (non-hydrogen) atoms.